The highest BCUT2D eigenvalue weighted by atomic mass is 35.5. The van der Waals surface area contributed by atoms with Crippen LogP contribution in [0.15, 0.2) is 28.5 Å². The molecule has 1 aromatic carbocycles. The number of fused-ring (bicyclic) bond motifs is 1. The van der Waals surface area contributed by atoms with E-state index in [1.165, 1.54) is 21.7 Å². The van der Waals surface area contributed by atoms with E-state index in [0.29, 0.717) is 28.9 Å². The summed E-state index contributed by atoms with van der Waals surface area (Å²) in [4.78, 5) is 17.4. The first-order chi connectivity index (χ1) is 13.3. The van der Waals surface area contributed by atoms with Crippen molar-refractivity contribution in [3.8, 4) is 0 Å². The van der Waals surface area contributed by atoms with E-state index in [1.807, 2.05) is 26.0 Å². The largest absolute Gasteiger partial charge is 0.301 e. The van der Waals surface area contributed by atoms with E-state index in [2.05, 4.69) is 10.3 Å². The Hall–Kier alpha value is -1.52. The smallest absolute Gasteiger partial charge is 0.253 e. The number of aryl methyl sites for hydroxylation is 2. The number of hydrogen-bond donors (Lipinski definition) is 1. The maximum atomic E-state index is 12.9. The molecule has 3 heterocycles. The normalized spacial score (nSPS) is 18.0. The molecule has 1 aliphatic rings. The molecular weight excluding hydrogens is 438 g/mol. The fourth-order valence-corrected chi connectivity index (χ4v) is 7.63. The van der Waals surface area contributed by atoms with E-state index < -0.39 is 16.1 Å². The highest BCUT2D eigenvalue weighted by Crippen LogP contribution is 2.34. The first-order valence-corrected chi connectivity index (χ1v) is 12.2. The molecule has 0 spiro atoms. The third-order valence-corrected chi connectivity index (χ3v) is 9.50. The lowest BCUT2D eigenvalue weighted by molar-refractivity contribution is -0.119. The Kier molecular flexibility index (Phi) is 5.22. The van der Waals surface area contributed by atoms with E-state index in [-0.39, 0.29) is 10.1 Å². The van der Waals surface area contributed by atoms with Gasteiger partial charge in [-0.05, 0) is 49.9 Å². The Labute approximate surface area is 176 Å². The van der Waals surface area contributed by atoms with Gasteiger partial charge in [-0.3, -0.25) is 4.79 Å². The highest BCUT2D eigenvalue weighted by molar-refractivity contribution is 7.91. The van der Waals surface area contributed by atoms with Crippen LogP contribution in [0.2, 0.25) is 4.34 Å². The quantitative estimate of drug-likeness (QED) is 0.631. The molecule has 1 fully saturated rings. The van der Waals surface area contributed by atoms with Gasteiger partial charge in [-0.15, -0.1) is 11.3 Å². The van der Waals surface area contributed by atoms with Gasteiger partial charge in [0.05, 0.1) is 14.6 Å². The van der Waals surface area contributed by atoms with E-state index >= 15 is 0 Å². The summed E-state index contributed by atoms with van der Waals surface area (Å²) in [6.07, 6.45) is 1.11. The number of anilines is 1. The van der Waals surface area contributed by atoms with Gasteiger partial charge in [0.25, 0.3) is 10.0 Å². The molecule has 0 radical (unpaired) electrons. The van der Waals surface area contributed by atoms with Crippen LogP contribution in [0.3, 0.4) is 0 Å². The van der Waals surface area contributed by atoms with E-state index in [0.717, 1.165) is 32.7 Å². The van der Waals surface area contributed by atoms with Gasteiger partial charge in [-0.2, -0.15) is 4.31 Å². The average molecular weight is 456 g/mol. The van der Waals surface area contributed by atoms with Crippen LogP contribution in [-0.4, -0.2) is 36.2 Å². The molecule has 3 aromatic rings. The van der Waals surface area contributed by atoms with Gasteiger partial charge in [0, 0.05) is 6.54 Å². The fraction of sp³-hybridized carbons (Fsp3) is 0.333. The van der Waals surface area contributed by atoms with Crippen LogP contribution < -0.4 is 5.32 Å². The number of aromatic nitrogens is 1. The van der Waals surface area contributed by atoms with Gasteiger partial charge in [0.2, 0.25) is 5.91 Å². The fourth-order valence-electron chi connectivity index (χ4n) is 3.34. The summed E-state index contributed by atoms with van der Waals surface area (Å²) in [5.41, 5.74) is 3.00. The summed E-state index contributed by atoms with van der Waals surface area (Å²) in [5.74, 6) is -0.349. The minimum atomic E-state index is -3.75. The number of thiazole rings is 1. The Morgan fingerprint density at radius 1 is 1.21 bits per heavy atom. The number of carbonyl (C=O) groups excluding carboxylic acids is 1. The van der Waals surface area contributed by atoms with Crippen LogP contribution >= 0.6 is 34.3 Å². The van der Waals surface area contributed by atoms with Crippen molar-refractivity contribution < 1.29 is 13.2 Å². The molecule has 2 aromatic heterocycles. The monoisotopic (exact) mass is 455 g/mol. The maximum Gasteiger partial charge on any atom is 0.253 e. The molecule has 6 nitrogen and oxygen atoms in total. The average Bonchev–Trinajstić information content (AvgIpc) is 3.37. The summed E-state index contributed by atoms with van der Waals surface area (Å²) in [6, 6.07) is 6.31. The van der Waals surface area contributed by atoms with E-state index in [1.54, 1.807) is 6.07 Å². The predicted octanol–water partition coefficient (Wildman–Crippen LogP) is 4.42. The number of carbonyl (C=O) groups is 1. The van der Waals surface area contributed by atoms with Crippen molar-refractivity contribution in [1.29, 1.82) is 0 Å². The lowest BCUT2D eigenvalue weighted by Crippen LogP contribution is -2.42. The number of nitrogens with zero attached hydrogens (tertiary/aromatic N) is 2. The molecule has 4 rings (SSSR count). The van der Waals surface area contributed by atoms with Gasteiger partial charge in [0.1, 0.15) is 10.3 Å². The molecule has 0 bridgehead atoms. The second-order valence-electron chi connectivity index (χ2n) is 6.72. The number of rotatable bonds is 4. The number of thiophene rings is 1. The van der Waals surface area contributed by atoms with Gasteiger partial charge >= 0.3 is 0 Å². The van der Waals surface area contributed by atoms with Crippen LogP contribution in [0.5, 0.6) is 0 Å². The van der Waals surface area contributed by atoms with Gasteiger partial charge in [-0.1, -0.05) is 35.1 Å². The van der Waals surface area contributed by atoms with Gasteiger partial charge in [-0.25, -0.2) is 13.4 Å². The molecule has 1 N–H and O–H groups in total. The minimum absolute atomic E-state index is 0.156. The summed E-state index contributed by atoms with van der Waals surface area (Å²) in [5, 5.41) is 3.31. The molecule has 1 atom stereocenters. The lowest BCUT2D eigenvalue weighted by Gasteiger charge is -2.22. The van der Waals surface area contributed by atoms with Crippen LogP contribution in [0.25, 0.3) is 10.2 Å². The Bertz CT molecular complexity index is 1130. The van der Waals surface area contributed by atoms with Crippen LogP contribution in [-0.2, 0) is 14.8 Å². The van der Waals surface area contributed by atoms with Crippen LogP contribution in [0, 0.1) is 13.8 Å². The minimum Gasteiger partial charge on any atom is -0.301 e. The van der Waals surface area contributed by atoms with Crippen molar-refractivity contribution in [2.75, 3.05) is 11.9 Å². The second kappa shape index (κ2) is 7.38. The first kappa shape index (κ1) is 19.8. The lowest BCUT2D eigenvalue weighted by atomic mass is 10.1. The summed E-state index contributed by atoms with van der Waals surface area (Å²) in [7, 11) is -3.75. The third kappa shape index (κ3) is 3.46. The molecule has 1 amide bonds. The maximum absolute atomic E-state index is 12.9. The Morgan fingerprint density at radius 3 is 2.64 bits per heavy atom. The number of amides is 1. The second-order valence-corrected chi connectivity index (χ2v) is 11.5. The molecule has 1 unspecified atom stereocenters. The first-order valence-electron chi connectivity index (χ1n) is 8.72. The number of sulfonamides is 1. The number of benzene rings is 1. The molecule has 10 heteroatoms. The van der Waals surface area contributed by atoms with Gasteiger partial charge < -0.3 is 5.32 Å². The molecule has 28 heavy (non-hydrogen) atoms. The van der Waals surface area contributed by atoms with Crippen molar-refractivity contribution in [3.63, 3.8) is 0 Å². The highest BCUT2D eigenvalue weighted by Gasteiger charge is 2.40. The molecule has 0 saturated carbocycles. The molecule has 1 aliphatic heterocycles. The molecule has 0 aliphatic carbocycles. The number of nitrogens with one attached hydrogen (secondary N) is 1. The van der Waals surface area contributed by atoms with Crippen molar-refractivity contribution in [2.45, 2.75) is 36.9 Å². The SMILES string of the molecule is Cc1ccc(C)c2sc(NC(=O)C3CCCN3S(=O)(=O)c3ccc(Cl)s3)nc12. The Balaban J connectivity index is 1.59. The van der Waals surface area contributed by atoms with Crippen LogP contribution in [0.1, 0.15) is 24.0 Å². The number of hydrogen-bond acceptors (Lipinski definition) is 6. The van der Waals surface area contributed by atoms with Crippen LogP contribution in [0.4, 0.5) is 5.13 Å². The molecule has 148 valence electrons. The van der Waals surface area contributed by atoms with E-state index in [9.17, 15) is 13.2 Å². The van der Waals surface area contributed by atoms with Crippen molar-refractivity contribution in [1.82, 2.24) is 9.29 Å². The zero-order valence-corrected chi connectivity index (χ0v) is 18.4. The predicted molar refractivity (Wildman–Crippen MR) is 114 cm³/mol. The topological polar surface area (TPSA) is 79.4 Å². The third-order valence-electron chi connectivity index (χ3n) is 4.79. The van der Waals surface area contributed by atoms with Crippen molar-refractivity contribution in [2.24, 2.45) is 0 Å². The summed E-state index contributed by atoms with van der Waals surface area (Å²) in [6.45, 7) is 4.29. The van der Waals surface area contributed by atoms with E-state index in [4.69, 9.17) is 11.6 Å². The summed E-state index contributed by atoms with van der Waals surface area (Å²) >= 11 is 8.30. The van der Waals surface area contributed by atoms with Crippen molar-refractivity contribution >= 4 is 65.6 Å². The van der Waals surface area contributed by atoms with Gasteiger partial charge in [0.15, 0.2) is 5.13 Å². The standard InChI is InChI=1S/C18H18ClN3O3S3/c1-10-5-6-11(2)16-15(10)20-18(27-16)21-17(23)12-4-3-9-22(12)28(24,25)14-8-7-13(19)26-14/h5-8,12H,3-4,9H2,1-2H3,(H,20,21,23). The zero-order valence-electron chi connectivity index (χ0n) is 15.2. The molecular formula is C18H18ClN3O3S3. The van der Waals surface area contributed by atoms with Crippen molar-refractivity contribution in [3.05, 3.63) is 39.7 Å². The number of halogens is 1. The Morgan fingerprint density at radius 2 is 1.96 bits per heavy atom. The zero-order chi connectivity index (χ0) is 20.1. The molecule has 1 saturated heterocycles. The summed E-state index contributed by atoms with van der Waals surface area (Å²) < 4.78 is 28.7.